The van der Waals surface area contributed by atoms with Gasteiger partial charge in [0.15, 0.2) is 5.69 Å². The molecule has 0 bridgehead atoms. The molecule has 0 spiro atoms. The molecular weight excluding hydrogens is 376 g/mol. The summed E-state index contributed by atoms with van der Waals surface area (Å²) in [6.07, 6.45) is 1.05. The highest BCUT2D eigenvalue weighted by molar-refractivity contribution is 5.94. The molecule has 0 aliphatic rings. The Balaban J connectivity index is 1.84. The summed E-state index contributed by atoms with van der Waals surface area (Å²) < 4.78 is 32.3. The van der Waals surface area contributed by atoms with Crippen LogP contribution in [0, 0.1) is 11.6 Å². The van der Waals surface area contributed by atoms with Gasteiger partial charge < -0.3 is 10.6 Å². The molecule has 2 heterocycles. The number of nitrogen functional groups attached to an aromatic ring is 1. The van der Waals surface area contributed by atoms with Gasteiger partial charge in [0.1, 0.15) is 23.9 Å². The topological polar surface area (TPSA) is 142 Å². The summed E-state index contributed by atoms with van der Waals surface area (Å²) in [5, 5.41) is 18.5. The Morgan fingerprint density at radius 3 is 2.82 bits per heavy atom. The lowest BCUT2D eigenvalue weighted by Gasteiger charge is -2.08. The lowest BCUT2D eigenvalue weighted by atomic mass is 10.2. The van der Waals surface area contributed by atoms with Crippen LogP contribution in [0.4, 0.5) is 14.6 Å². The number of anilines is 1. The van der Waals surface area contributed by atoms with E-state index in [1.165, 1.54) is 10.7 Å². The molecule has 0 fully saturated rings. The maximum atomic E-state index is 13.6. The average molecular weight is 392 g/mol. The Morgan fingerprint density at radius 1 is 1.39 bits per heavy atom. The molecule has 0 unspecified atom stereocenters. The molecule has 28 heavy (non-hydrogen) atoms. The van der Waals surface area contributed by atoms with E-state index < -0.39 is 17.5 Å². The van der Waals surface area contributed by atoms with Gasteiger partial charge in [0, 0.05) is 11.6 Å². The number of amides is 1. The molecule has 11 nitrogen and oxygen atoms in total. The number of carbonyl (C=O) groups excluding carboxylic acids is 1. The number of aromatic nitrogens is 5. The second-order valence-corrected chi connectivity index (χ2v) is 6.02. The zero-order valence-electron chi connectivity index (χ0n) is 14.8. The van der Waals surface area contributed by atoms with Crippen LogP contribution >= 0.6 is 0 Å². The molecular formula is C15H16F2N9O2+. The fourth-order valence-electron chi connectivity index (χ4n) is 2.30. The highest BCUT2D eigenvalue weighted by atomic mass is 19.1. The number of nitrogens with zero attached hydrogens (tertiary/aromatic N) is 6. The number of carbonyl (C=O) groups is 1. The number of nitrogens with two attached hydrogens (primary N) is 1. The third-order valence-corrected chi connectivity index (χ3v) is 3.53. The standard InChI is InChI=1S/C15H15F2N9O2/c1-25(2)7-11-12(20-24-26(11)14-13(18)22-28-23-14)15(27)21-19-6-8-3-4-9(16)5-10(8)17/h3-6H,7H2,1-2H3,(H2,18,22)(H,21,27)/p+1/b19-6-. The van der Waals surface area contributed by atoms with Gasteiger partial charge in [-0.1, -0.05) is 5.21 Å². The largest absolute Gasteiger partial charge is 0.378 e. The molecule has 13 heteroatoms. The first kappa shape index (κ1) is 19.0. The van der Waals surface area contributed by atoms with Crippen molar-refractivity contribution >= 4 is 17.9 Å². The Kier molecular flexibility index (Phi) is 5.35. The maximum Gasteiger partial charge on any atom is 0.294 e. The van der Waals surface area contributed by atoms with Crippen molar-refractivity contribution in [3.63, 3.8) is 0 Å². The van der Waals surface area contributed by atoms with Crippen LogP contribution < -0.4 is 16.1 Å². The summed E-state index contributed by atoms with van der Waals surface area (Å²) in [5.74, 6) is -2.13. The van der Waals surface area contributed by atoms with Crippen LogP contribution in [0.3, 0.4) is 0 Å². The van der Waals surface area contributed by atoms with Crippen molar-refractivity contribution in [2.24, 2.45) is 5.10 Å². The fourth-order valence-corrected chi connectivity index (χ4v) is 2.30. The van der Waals surface area contributed by atoms with Gasteiger partial charge >= 0.3 is 0 Å². The number of hydrogen-bond donors (Lipinski definition) is 3. The molecule has 4 N–H and O–H groups in total. The van der Waals surface area contributed by atoms with Crippen molar-refractivity contribution in [2.75, 3.05) is 19.8 Å². The highest BCUT2D eigenvalue weighted by Gasteiger charge is 2.25. The average Bonchev–Trinajstić information content (AvgIpc) is 3.22. The number of quaternary nitrogens is 1. The van der Waals surface area contributed by atoms with Crippen LogP contribution in [-0.2, 0) is 6.54 Å². The van der Waals surface area contributed by atoms with E-state index in [0.717, 1.165) is 17.2 Å². The highest BCUT2D eigenvalue weighted by Crippen LogP contribution is 2.15. The van der Waals surface area contributed by atoms with Gasteiger partial charge in [-0.15, -0.1) is 5.10 Å². The number of nitrogens with one attached hydrogen (secondary N) is 2. The van der Waals surface area contributed by atoms with Gasteiger partial charge in [-0.25, -0.2) is 18.8 Å². The Bertz CT molecular complexity index is 1030. The lowest BCUT2D eigenvalue weighted by Crippen LogP contribution is -3.04. The Hall–Kier alpha value is -3.74. The molecule has 3 aromatic rings. The van der Waals surface area contributed by atoms with Gasteiger partial charge in [0.05, 0.1) is 20.3 Å². The minimum Gasteiger partial charge on any atom is -0.378 e. The van der Waals surface area contributed by atoms with Crippen LogP contribution in [0.25, 0.3) is 5.82 Å². The van der Waals surface area contributed by atoms with E-state index in [9.17, 15) is 13.6 Å². The smallest absolute Gasteiger partial charge is 0.294 e. The number of hydrazone groups is 1. The van der Waals surface area contributed by atoms with E-state index in [4.69, 9.17) is 5.73 Å². The van der Waals surface area contributed by atoms with Crippen LogP contribution in [0.1, 0.15) is 21.7 Å². The van der Waals surface area contributed by atoms with Crippen LogP contribution in [0.5, 0.6) is 0 Å². The summed E-state index contributed by atoms with van der Waals surface area (Å²) in [4.78, 5) is 13.4. The molecule has 146 valence electrons. The van der Waals surface area contributed by atoms with E-state index in [0.29, 0.717) is 18.3 Å². The number of rotatable bonds is 6. The summed E-state index contributed by atoms with van der Waals surface area (Å²) >= 11 is 0. The first-order chi connectivity index (χ1) is 13.4. The lowest BCUT2D eigenvalue weighted by molar-refractivity contribution is -0.873. The normalized spacial score (nSPS) is 11.5. The van der Waals surface area contributed by atoms with Crippen molar-refractivity contribution < 1.29 is 23.1 Å². The quantitative estimate of drug-likeness (QED) is 0.358. The van der Waals surface area contributed by atoms with E-state index in [-0.39, 0.29) is 22.9 Å². The van der Waals surface area contributed by atoms with E-state index in [2.05, 4.69) is 35.8 Å². The molecule has 0 atom stereocenters. The second-order valence-electron chi connectivity index (χ2n) is 6.02. The van der Waals surface area contributed by atoms with Gasteiger partial charge in [-0.3, -0.25) is 4.79 Å². The molecule has 0 radical (unpaired) electrons. The minimum absolute atomic E-state index is 0.00441. The van der Waals surface area contributed by atoms with Gasteiger partial charge in [-0.2, -0.15) is 9.78 Å². The Labute approximate surface area is 156 Å². The third-order valence-electron chi connectivity index (χ3n) is 3.53. The van der Waals surface area contributed by atoms with E-state index >= 15 is 0 Å². The first-order valence-electron chi connectivity index (χ1n) is 7.97. The van der Waals surface area contributed by atoms with Crippen molar-refractivity contribution in [1.29, 1.82) is 0 Å². The molecule has 1 amide bonds. The summed E-state index contributed by atoms with van der Waals surface area (Å²) in [6.45, 7) is 0.346. The number of benzene rings is 1. The third kappa shape index (κ3) is 3.98. The van der Waals surface area contributed by atoms with Crippen molar-refractivity contribution in [3.05, 3.63) is 46.8 Å². The summed E-state index contributed by atoms with van der Waals surface area (Å²) in [7, 11) is 3.72. The van der Waals surface area contributed by atoms with E-state index in [1.54, 1.807) is 0 Å². The van der Waals surface area contributed by atoms with Gasteiger partial charge in [-0.05, 0) is 22.4 Å². The first-order valence-corrected chi connectivity index (χ1v) is 7.97. The van der Waals surface area contributed by atoms with Crippen LogP contribution in [0.2, 0.25) is 0 Å². The summed E-state index contributed by atoms with van der Waals surface area (Å²) in [6, 6.07) is 2.98. The molecule has 0 saturated carbocycles. The van der Waals surface area contributed by atoms with E-state index in [1.807, 2.05) is 14.1 Å². The monoisotopic (exact) mass is 392 g/mol. The van der Waals surface area contributed by atoms with Crippen LogP contribution in [-0.4, -0.2) is 51.5 Å². The predicted molar refractivity (Wildman–Crippen MR) is 91.6 cm³/mol. The molecule has 3 rings (SSSR count). The molecule has 1 aromatic carbocycles. The molecule has 0 saturated heterocycles. The fraction of sp³-hybridized carbons (Fsp3) is 0.200. The molecule has 0 aliphatic carbocycles. The minimum atomic E-state index is -0.810. The van der Waals surface area contributed by atoms with Gasteiger partial charge in [0.2, 0.25) is 11.6 Å². The SMILES string of the molecule is C[NH+](C)Cc1c(C(=O)N/N=C\c2ccc(F)cc2F)nnn1-c1nonc1N. The summed E-state index contributed by atoms with van der Waals surface area (Å²) in [5.41, 5.74) is 8.28. The van der Waals surface area contributed by atoms with Crippen LogP contribution in [0.15, 0.2) is 27.9 Å². The zero-order valence-corrected chi connectivity index (χ0v) is 14.8. The Morgan fingerprint density at radius 2 is 2.18 bits per heavy atom. The molecule has 2 aromatic heterocycles. The molecule has 0 aliphatic heterocycles. The number of hydrogen-bond acceptors (Lipinski definition) is 8. The zero-order chi connectivity index (χ0) is 20.3. The van der Waals surface area contributed by atoms with Gasteiger partial charge in [0.25, 0.3) is 5.91 Å². The number of halogens is 2. The van der Waals surface area contributed by atoms with Crippen molar-refractivity contribution in [3.8, 4) is 5.82 Å². The maximum absolute atomic E-state index is 13.6. The van der Waals surface area contributed by atoms with Crippen molar-refractivity contribution in [1.82, 2.24) is 30.7 Å². The second kappa shape index (κ2) is 7.87. The predicted octanol–water partition coefficient (Wildman–Crippen LogP) is -1.08. The van der Waals surface area contributed by atoms with Crippen molar-refractivity contribution in [2.45, 2.75) is 6.54 Å².